The maximum absolute atomic E-state index is 12.7. The Kier molecular flexibility index (Phi) is 8.33. The summed E-state index contributed by atoms with van der Waals surface area (Å²) in [4.78, 5) is 42.9. The van der Waals surface area contributed by atoms with E-state index in [0.717, 1.165) is 6.42 Å². The second-order valence-electron chi connectivity index (χ2n) is 7.14. The molecule has 0 aliphatic carbocycles. The van der Waals surface area contributed by atoms with Crippen LogP contribution in [-0.4, -0.2) is 46.2 Å². The monoisotopic (exact) mass is 416 g/mol. The van der Waals surface area contributed by atoms with Crippen molar-refractivity contribution < 1.29 is 14.4 Å². The van der Waals surface area contributed by atoms with E-state index in [9.17, 15) is 14.4 Å². The van der Waals surface area contributed by atoms with Crippen molar-refractivity contribution in [3.05, 3.63) is 47.0 Å². The lowest BCUT2D eigenvalue weighted by Crippen LogP contribution is -2.42. The van der Waals surface area contributed by atoms with E-state index in [1.54, 1.807) is 29.6 Å². The molecule has 7 nitrogen and oxygen atoms in total. The largest absolute Gasteiger partial charge is 0.353 e. The zero-order chi connectivity index (χ0) is 21.4. The molecule has 0 spiro atoms. The number of hydrogen-bond acceptors (Lipinski definition) is 5. The molecule has 1 atom stereocenters. The van der Waals surface area contributed by atoms with Crippen molar-refractivity contribution in [2.75, 3.05) is 11.9 Å². The minimum atomic E-state index is -0.326. The van der Waals surface area contributed by atoms with Gasteiger partial charge in [0.15, 0.2) is 5.13 Å². The number of carbonyl (C=O) groups excluding carboxylic acids is 3. The molecule has 0 saturated heterocycles. The van der Waals surface area contributed by atoms with E-state index in [1.165, 1.54) is 16.2 Å². The van der Waals surface area contributed by atoms with Crippen LogP contribution in [0.5, 0.6) is 0 Å². The van der Waals surface area contributed by atoms with Crippen LogP contribution in [-0.2, 0) is 16.0 Å². The third-order valence-electron chi connectivity index (χ3n) is 4.38. The van der Waals surface area contributed by atoms with E-state index in [4.69, 9.17) is 0 Å². The molecule has 1 heterocycles. The van der Waals surface area contributed by atoms with Crippen molar-refractivity contribution in [3.8, 4) is 0 Å². The van der Waals surface area contributed by atoms with E-state index < -0.39 is 0 Å². The summed E-state index contributed by atoms with van der Waals surface area (Å²) in [5, 5.41) is 7.78. The number of rotatable bonds is 9. The molecular formula is C21H28N4O3S. The summed E-state index contributed by atoms with van der Waals surface area (Å²) < 4.78 is 0. The minimum absolute atomic E-state index is 0.0746. The number of benzene rings is 1. The summed E-state index contributed by atoms with van der Waals surface area (Å²) in [5.41, 5.74) is 1.14. The van der Waals surface area contributed by atoms with Crippen molar-refractivity contribution in [2.45, 2.75) is 52.6 Å². The van der Waals surface area contributed by atoms with Crippen LogP contribution in [0.25, 0.3) is 0 Å². The fraction of sp³-hybridized carbons (Fsp3) is 0.429. The molecule has 0 fully saturated rings. The number of amides is 3. The van der Waals surface area contributed by atoms with Gasteiger partial charge in [0.25, 0.3) is 5.91 Å². The van der Waals surface area contributed by atoms with Crippen LogP contribution in [0.2, 0.25) is 0 Å². The normalized spacial score (nSPS) is 11.8. The Morgan fingerprint density at radius 1 is 1.10 bits per heavy atom. The second-order valence-corrected chi connectivity index (χ2v) is 8.00. The van der Waals surface area contributed by atoms with E-state index in [1.807, 2.05) is 33.8 Å². The maximum atomic E-state index is 12.7. The predicted octanol–water partition coefficient (Wildman–Crippen LogP) is 3.09. The van der Waals surface area contributed by atoms with E-state index >= 15 is 0 Å². The molecule has 1 unspecified atom stereocenters. The number of nitrogens with one attached hydrogen (secondary N) is 2. The average Bonchev–Trinajstić information content (AvgIpc) is 3.12. The van der Waals surface area contributed by atoms with E-state index in [2.05, 4.69) is 15.6 Å². The maximum Gasteiger partial charge on any atom is 0.254 e. The molecule has 0 aliphatic heterocycles. The van der Waals surface area contributed by atoms with Gasteiger partial charge in [0, 0.05) is 23.0 Å². The highest BCUT2D eigenvalue weighted by Crippen LogP contribution is 2.16. The number of nitrogens with zero attached hydrogens (tertiary/aromatic N) is 2. The van der Waals surface area contributed by atoms with Crippen molar-refractivity contribution in [2.24, 2.45) is 0 Å². The highest BCUT2D eigenvalue weighted by Gasteiger charge is 2.22. The van der Waals surface area contributed by atoms with Gasteiger partial charge in [-0.05, 0) is 39.3 Å². The van der Waals surface area contributed by atoms with Gasteiger partial charge in [-0.3, -0.25) is 14.4 Å². The molecule has 0 bridgehead atoms. The molecule has 1 aromatic heterocycles. The van der Waals surface area contributed by atoms with Gasteiger partial charge in [-0.2, -0.15) is 0 Å². The molecule has 0 saturated carbocycles. The third-order valence-corrected chi connectivity index (χ3v) is 5.18. The Labute approximate surface area is 175 Å². The molecule has 29 heavy (non-hydrogen) atoms. The average molecular weight is 417 g/mol. The van der Waals surface area contributed by atoms with E-state index in [0.29, 0.717) is 16.4 Å². The van der Waals surface area contributed by atoms with Gasteiger partial charge in [-0.25, -0.2) is 4.98 Å². The first-order valence-corrected chi connectivity index (χ1v) is 10.6. The lowest BCUT2D eigenvalue weighted by molar-refractivity contribution is -0.121. The summed E-state index contributed by atoms with van der Waals surface area (Å²) >= 11 is 1.26. The molecule has 1 aromatic carbocycles. The first kappa shape index (κ1) is 22.5. The first-order chi connectivity index (χ1) is 13.8. The van der Waals surface area contributed by atoms with Gasteiger partial charge in [0.1, 0.15) is 6.54 Å². The summed E-state index contributed by atoms with van der Waals surface area (Å²) in [6.07, 6.45) is 1.03. The number of aromatic nitrogens is 1. The van der Waals surface area contributed by atoms with E-state index in [-0.39, 0.29) is 42.8 Å². The minimum Gasteiger partial charge on any atom is -0.353 e. The van der Waals surface area contributed by atoms with Crippen LogP contribution in [0.1, 0.15) is 50.2 Å². The smallest absolute Gasteiger partial charge is 0.254 e. The van der Waals surface area contributed by atoms with Crippen LogP contribution in [0, 0.1) is 0 Å². The Hall–Kier alpha value is -2.74. The fourth-order valence-corrected chi connectivity index (χ4v) is 3.31. The predicted molar refractivity (Wildman–Crippen MR) is 115 cm³/mol. The molecular weight excluding hydrogens is 388 g/mol. The summed E-state index contributed by atoms with van der Waals surface area (Å²) in [6.45, 7) is 7.61. The summed E-state index contributed by atoms with van der Waals surface area (Å²) in [6, 6.07) is 8.86. The lowest BCUT2D eigenvalue weighted by Gasteiger charge is -2.26. The fourth-order valence-electron chi connectivity index (χ4n) is 2.59. The Morgan fingerprint density at radius 3 is 2.41 bits per heavy atom. The molecule has 8 heteroatoms. The molecule has 0 aliphatic rings. The topological polar surface area (TPSA) is 91.4 Å². The number of thiazole rings is 1. The van der Waals surface area contributed by atoms with Crippen molar-refractivity contribution in [1.82, 2.24) is 15.2 Å². The molecule has 2 rings (SSSR count). The Morgan fingerprint density at radius 2 is 1.79 bits per heavy atom. The summed E-state index contributed by atoms with van der Waals surface area (Å²) in [5.74, 6) is -0.618. The first-order valence-electron chi connectivity index (χ1n) is 9.69. The van der Waals surface area contributed by atoms with Gasteiger partial charge in [0.05, 0.1) is 12.1 Å². The zero-order valence-corrected chi connectivity index (χ0v) is 18.1. The zero-order valence-electron chi connectivity index (χ0n) is 17.3. The number of carbonyl (C=O) groups is 3. The standard InChI is InChI=1S/C21H28N4O3S/c1-5-15(4)22-18(26)11-17-13-29-21(23-17)24-19(27)12-25(14(2)3)20(28)16-9-7-6-8-10-16/h6-10,13-15H,5,11-12H2,1-4H3,(H,22,26)(H,23,24,27). The van der Waals surface area contributed by atoms with Gasteiger partial charge < -0.3 is 15.5 Å². The summed E-state index contributed by atoms with van der Waals surface area (Å²) in [7, 11) is 0. The van der Waals surface area contributed by atoms with Gasteiger partial charge in [0.2, 0.25) is 11.8 Å². The van der Waals surface area contributed by atoms with Crippen LogP contribution < -0.4 is 10.6 Å². The number of hydrogen-bond donors (Lipinski definition) is 2. The highest BCUT2D eigenvalue weighted by atomic mass is 32.1. The second kappa shape index (κ2) is 10.7. The van der Waals surface area contributed by atoms with Crippen molar-refractivity contribution in [3.63, 3.8) is 0 Å². The molecule has 0 radical (unpaired) electrons. The van der Waals surface area contributed by atoms with Crippen molar-refractivity contribution >= 4 is 34.2 Å². The van der Waals surface area contributed by atoms with Crippen LogP contribution in [0.15, 0.2) is 35.7 Å². The third kappa shape index (κ3) is 6.98. The SMILES string of the molecule is CCC(C)NC(=O)Cc1csc(NC(=O)CN(C(=O)c2ccccc2)C(C)C)n1. The quantitative estimate of drug-likeness (QED) is 0.657. The Balaban J connectivity index is 1.94. The molecule has 156 valence electrons. The lowest BCUT2D eigenvalue weighted by atomic mass is 10.1. The van der Waals surface area contributed by atoms with Crippen molar-refractivity contribution in [1.29, 1.82) is 0 Å². The Bertz CT molecular complexity index is 835. The number of anilines is 1. The van der Waals surface area contributed by atoms with Gasteiger partial charge in [-0.1, -0.05) is 25.1 Å². The molecule has 2 aromatic rings. The van der Waals surface area contributed by atoms with Crippen LogP contribution in [0.4, 0.5) is 5.13 Å². The molecule has 3 amide bonds. The van der Waals surface area contributed by atoms with Gasteiger partial charge >= 0.3 is 0 Å². The van der Waals surface area contributed by atoms with Gasteiger partial charge in [-0.15, -0.1) is 11.3 Å². The van der Waals surface area contributed by atoms with Crippen LogP contribution in [0.3, 0.4) is 0 Å². The highest BCUT2D eigenvalue weighted by molar-refractivity contribution is 7.13. The molecule has 2 N–H and O–H groups in total. The van der Waals surface area contributed by atoms with Crippen LogP contribution >= 0.6 is 11.3 Å².